The van der Waals surface area contributed by atoms with Crippen molar-refractivity contribution in [3.05, 3.63) is 41.9 Å². The van der Waals surface area contributed by atoms with Crippen LogP contribution in [0.5, 0.6) is 11.5 Å². The zero-order chi connectivity index (χ0) is 18.6. The molecule has 1 aliphatic carbocycles. The maximum atomic E-state index is 6.21. The molecule has 0 unspecified atom stereocenters. The average Bonchev–Trinajstić information content (AvgIpc) is 3.36. The third kappa shape index (κ3) is 3.67. The number of imidazole rings is 1. The van der Waals surface area contributed by atoms with E-state index in [1.165, 1.54) is 12.8 Å². The van der Waals surface area contributed by atoms with Gasteiger partial charge in [-0.05, 0) is 50.3 Å². The molecule has 0 amide bonds. The van der Waals surface area contributed by atoms with E-state index in [-0.39, 0.29) is 6.10 Å². The molecule has 4 rings (SSSR count). The van der Waals surface area contributed by atoms with Gasteiger partial charge in [-0.2, -0.15) is 0 Å². The fourth-order valence-corrected chi connectivity index (χ4v) is 3.59. The minimum absolute atomic E-state index is 0.288. The summed E-state index contributed by atoms with van der Waals surface area (Å²) in [7, 11) is 1.68. The number of methoxy groups -OCH3 is 1. The Bertz CT molecular complexity index is 985. The van der Waals surface area contributed by atoms with Crippen molar-refractivity contribution in [3.8, 4) is 11.5 Å². The van der Waals surface area contributed by atoms with Crippen molar-refractivity contribution in [2.24, 2.45) is 4.99 Å². The van der Waals surface area contributed by atoms with Gasteiger partial charge in [0.15, 0.2) is 22.6 Å². The summed E-state index contributed by atoms with van der Waals surface area (Å²) in [6.07, 6.45) is 8.46. The van der Waals surface area contributed by atoms with Gasteiger partial charge in [0, 0.05) is 6.54 Å². The zero-order valence-electron chi connectivity index (χ0n) is 15.8. The van der Waals surface area contributed by atoms with E-state index in [0.29, 0.717) is 18.6 Å². The molecule has 0 aliphatic heterocycles. The number of fused-ring (bicyclic) bond motifs is 1. The van der Waals surface area contributed by atoms with Gasteiger partial charge >= 0.3 is 0 Å². The van der Waals surface area contributed by atoms with Crippen molar-refractivity contribution >= 4 is 11.2 Å². The van der Waals surface area contributed by atoms with Crippen LogP contribution in [0.25, 0.3) is 11.2 Å². The summed E-state index contributed by atoms with van der Waals surface area (Å²) in [6, 6.07) is 6.08. The summed E-state index contributed by atoms with van der Waals surface area (Å²) in [6.45, 7) is 3.32. The molecule has 0 spiro atoms. The normalized spacial score (nSPS) is 15.6. The number of aromatic amines is 1. The lowest BCUT2D eigenvalue weighted by atomic mass is 10.2. The van der Waals surface area contributed by atoms with Gasteiger partial charge in [0.05, 0.1) is 32.4 Å². The molecule has 7 heteroatoms. The van der Waals surface area contributed by atoms with E-state index in [4.69, 9.17) is 9.47 Å². The highest BCUT2D eigenvalue weighted by Gasteiger charge is 2.19. The van der Waals surface area contributed by atoms with E-state index in [9.17, 15) is 0 Å². The molecule has 1 aliphatic rings. The number of hydrogen-bond donors (Lipinski definition) is 1. The molecule has 3 aromatic rings. The van der Waals surface area contributed by atoms with Crippen LogP contribution in [0.2, 0.25) is 0 Å². The summed E-state index contributed by atoms with van der Waals surface area (Å²) in [4.78, 5) is 16.5. The minimum Gasteiger partial charge on any atom is -0.493 e. The quantitative estimate of drug-likeness (QED) is 0.726. The molecule has 7 nitrogen and oxygen atoms in total. The van der Waals surface area contributed by atoms with Crippen LogP contribution in [0, 0.1) is 0 Å². The van der Waals surface area contributed by atoms with Gasteiger partial charge in [0.2, 0.25) is 0 Å². The predicted octanol–water partition coefficient (Wildman–Crippen LogP) is 3.06. The lowest BCUT2D eigenvalue weighted by Crippen LogP contribution is -2.15. The van der Waals surface area contributed by atoms with Crippen molar-refractivity contribution in [2.75, 3.05) is 13.7 Å². The zero-order valence-corrected chi connectivity index (χ0v) is 15.8. The molecule has 142 valence electrons. The number of H-pyrrole nitrogens is 1. The van der Waals surface area contributed by atoms with Gasteiger partial charge < -0.3 is 19.0 Å². The number of nitrogens with zero attached hydrogens (tertiary/aromatic N) is 4. The summed E-state index contributed by atoms with van der Waals surface area (Å²) >= 11 is 0. The standard InChI is InChI=1S/C20H25N5O2/c1-3-21-19-18-20(23-12-22-18)25(13-24-19)11-14-8-9-16(26-2)17(10-14)27-15-6-4-5-7-15/h8-10,12-13,15H,3-7,11H2,1-2H3,(H,22,23). The first kappa shape index (κ1) is 17.6. The van der Waals surface area contributed by atoms with Gasteiger partial charge in [-0.3, -0.25) is 4.99 Å². The maximum absolute atomic E-state index is 6.21. The average molecular weight is 367 g/mol. The Morgan fingerprint density at radius 2 is 2.07 bits per heavy atom. The Labute approximate surface area is 158 Å². The van der Waals surface area contributed by atoms with E-state index in [0.717, 1.165) is 41.1 Å². The van der Waals surface area contributed by atoms with Crippen LogP contribution in [0.1, 0.15) is 38.2 Å². The van der Waals surface area contributed by atoms with E-state index in [1.807, 2.05) is 17.6 Å². The number of rotatable bonds is 6. The highest BCUT2D eigenvalue weighted by Crippen LogP contribution is 2.32. The number of ether oxygens (including phenoxy) is 2. The molecular weight excluding hydrogens is 342 g/mol. The van der Waals surface area contributed by atoms with Gasteiger partial charge in [-0.1, -0.05) is 6.07 Å². The second-order valence-electron chi connectivity index (χ2n) is 6.78. The first-order valence-corrected chi connectivity index (χ1v) is 9.51. The minimum atomic E-state index is 0.288. The van der Waals surface area contributed by atoms with Crippen LogP contribution in [0.4, 0.5) is 0 Å². The van der Waals surface area contributed by atoms with Crippen LogP contribution < -0.4 is 15.0 Å². The fraction of sp³-hybridized carbons (Fsp3) is 0.450. The Morgan fingerprint density at radius 1 is 1.22 bits per heavy atom. The summed E-state index contributed by atoms with van der Waals surface area (Å²) < 4.78 is 13.7. The SMILES string of the molecule is CCN=c1ncn(Cc2ccc(OC)c(OC3CCCC3)c2)c2nc[nH]c12. The number of nitrogens with one attached hydrogen (secondary N) is 1. The van der Waals surface area contributed by atoms with Crippen LogP contribution in [0.3, 0.4) is 0 Å². The van der Waals surface area contributed by atoms with Gasteiger partial charge in [0.25, 0.3) is 0 Å². The number of hydrogen-bond acceptors (Lipinski definition) is 5. The molecule has 0 bridgehead atoms. The van der Waals surface area contributed by atoms with Crippen molar-refractivity contribution in [1.29, 1.82) is 0 Å². The van der Waals surface area contributed by atoms with Crippen molar-refractivity contribution in [2.45, 2.75) is 45.3 Å². The first-order chi connectivity index (χ1) is 13.3. The molecule has 1 N–H and O–H groups in total. The highest BCUT2D eigenvalue weighted by atomic mass is 16.5. The van der Waals surface area contributed by atoms with Crippen LogP contribution in [0.15, 0.2) is 35.8 Å². The lowest BCUT2D eigenvalue weighted by molar-refractivity contribution is 0.200. The van der Waals surface area contributed by atoms with E-state index in [1.54, 1.807) is 19.8 Å². The van der Waals surface area contributed by atoms with Crippen LogP contribution in [-0.2, 0) is 6.54 Å². The molecule has 0 saturated heterocycles. The molecule has 1 fully saturated rings. The molecule has 1 aromatic carbocycles. The second-order valence-corrected chi connectivity index (χ2v) is 6.78. The van der Waals surface area contributed by atoms with Crippen molar-refractivity contribution < 1.29 is 9.47 Å². The van der Waals surface area contributed by atoms with E-state index in [2.05, 4.69) is 32.1 Å². The van der Waals surface area contributed by atoms with E-state index >= 15 is 0 Å². The third-order valence-corrected chi connectivity index (χ3v) is 4.92. The third-order valence-electron chi connectivity index (χ3n) is 4.92. The van der Waals surface area contributed by atoms with Gasteiger partial charge in [-0.25, -0.2) is 9.97 Å². The van der Waals surface area contributed by atoms with Gasteiger partial charge in [0.1, 0.15) is 5.52 Å². The van der Waals surface area contributed by atoms with Crippen molar-refractivity contribution in [1.82, 2.24) is 19.5 Å². The Hall–Kier alpha value is -2.83. The molecule has 2 heterocycles. The van der Waals surface area contributed by atoms with E-state index < -0.39 is 0 Å². The molecule has 1 saturated carbocycles. The highest BCUT2D eigenvalue weighted by molar-refractivity contribution is 5.68. The smallest absolute Gasteiger partial charge is 0.176 e. The first-order valence-electron chi connectivity index (χ1n) is 9.51. The largest absolute Gasteiger partial charge is 0.493 e. The van der Waals surface area contributed by atoms with Crippen LogP contribution >= 0.6 is 0 Å². The fourth-order valence-electron chi connectivity index (χ4n) is 3.59. The predicted molar refractivity (Wildman–Crippen MR) is 103 cm³/mol. The van der Waals surface area contributed by atoms with Crippen molar-refractivity contribution in [3.63, 3.8) is 0 Å². The monoisotopic (exact) mass is 367 g/mol. The number of benzene rings is 1. The summed E-state index contributed by atoms with van der Waals surface area (Å²) in [5.41, 5.74) is 3.50. The molecule has 2 aromatic heterocycles. The molecule has 0 radical (unpaired) electrons. The Kier molecular flexibility index (Phi) is 5.09. The number of aromatic nitrogens is 4. The molecule has 0 atom stereocenters. The summed E-state index contributed by atoms with van der Waals surface area (Å²) in [5.74, 6) is 1.59. The Balaban J connectivity index is 1.64. The maximum Gasteiger partial charge on any atom is 0.176 e. The van der Waals surface area contributed by atoms with Crippen LogP contribution in [-0.4, -0.2) is 39.3 Å². The van der Waals surface area contributed by atoms with Gasteiger partial charge in [-0.15, -0.1) is 0 Å². The summed E-state index contributed by atoms with van der Waals surface area (Å²) in [5, 5.41) is 0. The molecular formula is C20H25N5O2. The second kappa shape index (κ2) is 7.82. The lowest BCUT2D eigenvalue weighted by Gasteiger charge is -2.17. The topological polar surface area (TPSA) is 77.3 Å². The Morgan fingerprint density at radius 3 is 2.85 bits per heavy atom. The molecule has 27 heavy (non-hydrogen) atoms.